The molecule has 2 aliphatic heterocycles. The van der Waals surface area contributed by atoms with Gasteiger partial charge in [0.15, 0.2) is 5.78 Å². The maximum atomic E-state index is 13.1. The molecule has 4 aromatic rings. The van der Waals surface area contributed by atoms with E-state index < -0.39 is 0 Å². The molecule has 0 N–H and O–H groups in total. The van der Waals surface area contributed by atoms with Gasteiger partial charge in [0.25, 0.3) is 0 Å². The topological polar surface area (TPSA) is 80.0 Å². The second-order valence-electron chi connectivity index (χ2n) is 10.2. The number of piperidine rings is 1. The number of nitrogens with zero attached hydrogens (tertiary/aromatic N) is 7. The standard InChI is InChI=1S/C27H29N7O/c1-32-9-6-27(7-10-32)17-34(18-27)26-13-20(5-8-28-26)25(35)14-23-12-22-11-19(3-4-21(22)15-29-23)24-16-33(2)31-30-24/h3-5,8,11-13,15-16H,6-7,9-10,14,17-18H2,1-2H3. The smallest absolute Gasteiger partial charge is 0.169 e. The van der Waals surface area contributed by atoms with Crippen LogP contribution in [0.25, 0.3) is 22.0 Å². The van der Waals surface area contributed by atoms with Gasteiger partial charge >= 0.3 is 0 Å². The van der Waals surface area contributed by atoms with E-state index in [-0.39, 0.29) is 12.2 Å². The third-order valence-electron chi connectivity index (χ3n) is 7.51. The van der Waals surface area contributed by atoms with Crippen molar-refractivity contribution in [1.29, 1.82) is 0 Å². The van der Waals surface area contributed by atoms with Crippen molar-refractivity contribution in [2.24, 2.45) is 12.5 Å². The van der Waals surface area contributed by atoms with E-state index in [0.29, 0.717) is 11.0 Å². The predicted octanol–water partition coefficient (Wildman–Crippen LogP) is 3.38. The Labute approximate surface area is 204 Å². The van der Waals surface area contributed by atoms with Crippen molar-refractivity contribution in [2.75, 3.05) is 38.1 Å². The van der Waals surface area contributed by atoms with Gasteiger partial charge in [-0.15, -0.1) is 5.10 Å². The average molecular weight is 468 g/mol. The van der Waals surface area contributed by atoms with E-state index in [0.717, 1.165) is 46.6 Å². The Morgan fingerprint density at radius 3 is 2.60 bits per heavy atom. The van der Waals surface area contributed by atoms with Gasteiger partial charge in [0, 0.05) is 60.2 Å². The molecule has 1 aromatic carbocycles. The highest BCUT2D eigenvalue weighted by Crippen LogP contribution is 2.41. The number of anilines is 1. The minimum atomic E-state index is 0.0557. The number of likely N-dealkylation sites (tertiary alicyclic amines) is 1. The summed E-state index contributed by atoms with van der Waals surface area (Å²) in [6.07, 6.45) is 8.21. The number of aryl methyl sites for hydroxylation is 1. The minimum Gasteiger partial charge on any atom is -0.355 e. The lowest BCUT2D eigenvalue weighted by Crippen LogP contribution is -2.60. The lowest BCUT2D eigenvalue weighted by atomic mass is 9.72. The molecule has 2 fully saturated rings. The number of hydrogen-bond acceptors (Lipinski definition) is 7. The van der Waals surface area contributed by atoms with Crippen molar-refractivity contribution in [3.63, 3.8) is 0 Å². The number of hydrogen-bond donors (Lipinski definition) is 0. The summed E-state index contributed by atoms with van der Waals surface area (Å²) in [6, 6.07) is 11.9. The first-order valence-electron chi connectivity index (χ1n) is 12.1. The van der Waals surface area contributed by atoms with Crippen LogP contribution >= 0.6 is 0 Å². The van der Waals surface area contributed by atoms with Crippen LogP contribution < -0.4 is 4.90 Å². The van der Waals surface area contributed by atoms with E-state index in [2.05, 4.69) is 43.2 Å². The Morgan fingerprint density at radius 1 is 1.00 bits per heavy atom. The van der Waals surface area contributed by atoms with Crippen LogP contribution in [0.15, 0.2) is 55.0 Å². The molecule has 178 valence electrons. The molecule has 6 rings (SSSR count). The van der Waals surface area contributed by atoms with Crippen LogP contribution in [-0.4, -0.2) is 68.9 Å². The van der Waals surface area contributed by atoms with Gasteiger partial charge in [-0.2, -0.15) is 0 Å². The van der Waals surface area contributed by atoms with Gasteiger partial charge in [0.2, 0.25) is 0 Å². The lowest BCUT2D eigenvalue weighted by molar-refractivity contribution is 0.0900. The van der Waals surface area contributed by atoms with E-state index in [1.165, 1.54) is 25.9 Å². The largest absolute Gasteiger partial charge is 0.355 e. The molecule has 8 heteroatoms. The summed E-state index contributed by atoms with van der Waals surface area (Å²) in [7, 11) is 4.05. The van der Waals surface area contributed by atoms with Crippen molar-refractivity contribution in [3.8, 4) is 11.3 Å². The fourth-order valence-electron chi connectivity index (χ4n) is 5.29. The van der Waals surface area contributed by atoms with E-state index >= 15 is 0 Å². The second kappa shape index (κ2) is 8.53. The van der Waals surface area contributed by atoms with Gasteiger partial charge in [-0.05, 0) is 62.6 Å². The molecule has 2 saturated heterocycles. The number of carbonyl (C=O) groups is 1. The van der Waals surface area contributed by atoms with Crippen molar-refractivity contribution in [3.05, 3.63) is 66.2 Å². The maximum absolute atomic E-state index is 13.1. The Kier molecular flexibility index (Phi) is 5.33. The molecule has 0 radical (unpaired) electrons. The molecule has 8 nitrogen and oxygen atoms in total. The zero-order chi connectivity index (χ0) is 24.0. The van der Waals surface area contributed by atoms with Crippen LogP contribution in [0.1, 0.15) is 28.9 Å². The Hall–Kier alpha value is -3.65. The Morgan fingerprint density at radius 2 is 1.83 bits per heavy atom. The van der Waals surface area contributed by atoms with Crippen molar-refractivity contribution < 1.29 is 4.79 Å². The quantitative estimate of drug-likeness (QED) is 0.416. The van der Waals surface area contributed by atoms with Crippen LogP contribution in [0, 0.1) is 5.41 Å². The number of aromatic nitrogens is 5. The van der Waals surface area contributed by atoms with Gasteiger partial charge in [0.05, 0.1) is 12.6 Å². The van der Waals surface area contributed by atoms with Gasteiger partial charge < -0.3 is 9.80 Å². The Balaban J connectivity index is 1.17. The molecule has 0 saturated carbocycles. The molecule has 0 aliphatic carbocycles. The van der Waals surface area contributed by atoms with Crippen LogP contribution in [-0.2, 0) is 13.5 Å². The predicted molar refractivity (Wildman–Crippen MR) is 135 cm³/mol. The maximum Gasteiger partial charge on any atom is 0.169 e. The fraction of sp³-hybridized carbons (Fsp3) is 0.370. The van der Waals surface area contributed by atoms with Crippen LogP contribution in [0.2, 0.25) is 0 Å². The zero-order valence-electron chi connectivity index (χ0n) is 20.2. The molecule has 2 aliphatic rings. The van der Waals surface area contributed by atoms with E-state index in [1.807, 2.05) is 49.8 Å². The first-order valence-corrected chi connectivity index (χ1v) is 12.1. The molecule has 1 spiro atoms. The molecular weight excluding hydrogens is 438 g/mol. The molecule has 3 aromatic heterocycles. The number of carbonyl (C=O) groups excluding carboxylic acids is 1. The lowest BCUT2D eigenvalue weighted by Gasteiger charge is -2.54. The first-order chi connectivity index (χ1) is 17.0. The molecule has 5 heterocycles. The van der Waals surface area contributed by atoms with E-state index in [1.54, 1.807) is 10.9 Å². The first kappa shape index (κ1) is 21.9. The number of fused-ring (bicyclic) bond motifs is 1. The third-order valence-corrected chi connectivity index (χ3v) is 7.51. The summed E-state index contributed by atoms with van der Waals surface area (Å²) in [6.45, 7) is 4.40. The number of rotatable bonds is 5. The zero-order valence-corrected chi connectivity index (χ0v) is 20.2. The van der Waals surface area contributed by atoms with Crippen LogP contribution in [0.5, 0.6) is 0 Å². The molecule has 0 amide bonds. The Bertz CT molecular complexity index is 1400. The summed E-state index contributed by atoms with van der Waals surface area (Å²) in [5.74, 6) is 0.959. The number of benzene rings is 1. The summed E-state index contributed by atoms with van der Waals surface area (Å²) in [4.78, 5) is 27.0. The SMILES string of the molecule is CN1CCC2(CC1)CN(c1cc(C(=O)Cc3cc4cc(-c5cn(C)nn5)ccc4cn3)ccn1)C2. The third kappa shape index (κ3) is 4.30. The molecule has 0 unspecified atom stereocenters. The average Bonchev–Trinajstić information content (AvgIpc) is 3.29. The van der Waals surface area contributed by atoms with Crippen molar-refractivity contribution in [2.45, 2.75) is 19.3 Å². The highest BCUT2D eigenvalue weighted by Gasteiger charge is 2.44. The minimum absolute atomic E-state index is 0.0557. The van der Waals surface area contributed by atoms with Crippen molar-refractivity contribution in [1.82, 2.24) is 29.9 Å². The van der Waals surface area contributed by atoms with Gasteiger partial charge in [-0.3, -0.25) is 14.5 Å². The second-order valence-corrected chi connectivity index (χ2v) is 10.2. The summed E-state index contributed by atoms with van der Waals surface area (Å²) in [5, 5.41) is 10.3. The molecular formula is C27H29N7O. The number of Topliss-reactive ketones (excluding diaryl/α,β-unsaturated/α-hetero) is 1. The summed E-state index contributed by atoms with van der Waals surface area (Å²) in [5.41, 5.74) is 3.68. The highest BCUT2D eigenvalue weighted by atomic mass is 16.1. The van der Waals surface area contributed by atoms with E-state index in [4.69, 9.17) is 0 Å². The summed E-state index contributed by atoms with van der Waals surface area (Å²) < 4.78 is 1.69. The van der Waals surface area contributed by atoms with Crippen LogP contribution in [0.3, 0.4) is 0 Å². The molecule has 0 atom stereocenters. The van der Waals surface area contributed by atoms with Crippen molar-refractivity contribution >= 4 is 22.4 Å². The monoisotopic (exact) mass is 467 g/mol. The normalized spacial score (nSPS) is 17.6. The highest BCUT2D eigenvalue weighted by molar-refractivity contribution is 5.98. The van der Waals surface area contributed by atoms with Gasteiger partial charge in [-0.25, -0.2) is 4.98 Å². The molecule has 0 bridgehead atoms. The van der Waals surface area contributed by atoms with Crippen LogP contribution in [0.4, 0.5) is 5.82 Å². The number of ketones is 1. The number of pyridine rings is 2. The molecule has 35 heavy (non-hydrogen) atoms. The van der Waals surface area contributed by atoms with Gasteiger partial charge in [0.1, 0.15) is 11.5 Å². The van der Waals surface area contributed by atoms with Gasteiger partial charge in [-0.1, -0.05) is 17.3 Å². The summed E-state index contributed by atoms with van der Waals surface area (Å²) >= 11 is 0. The van der Waals surface area contributed by atoms with E-state index in [9.17, 15) is 4.79 Å². The fourth-order valence-corrected chi connectivity index (χ4v) is 5.29.